The van der Waals surface area contributed by atoms with E-state index >= 15 is 0 Å². The molecule has 0 aliphatic carbocycles. The van der Waals surface area contributed by atoms with Gasteiger partial charge in [-0.15, -0.1) is 0 Å². The van der Waals surface area contributed by atoms with Crippen LogP contribution in [0.15, 0.2) is 20.5 Å². The van der Waals surface area contributed by atoms with E-state index in [9.17, 15) is 38.4 Å². The zero-order valence-electron chi connectivity index (χ0n) is 41.0. The van der Waals surface area contributed by atoms with Gasteiger partial charge in [-0.2, -0.15) is 0 Å². The van der Waals surface area contributed by atoms with E-state index in [1.807, 2.05) is 0 Å². The molecule has 0 rings (SSSR count). The summed E-state index contributed by atoms with van der Waals surface area (Å²) < 4.78 is 44.4. The molecule has 73 heavy (non-hydrogen) atoms. The average Bonchev–Trinajstić information content (AvgIpc) is 3.37. The van der Waals surface area contributed by atoms with Gasteiger partial charge in [0.1, 0.15) is 26.4 Å². The van der Waals surface area contributed by atoms with Crippen molar-refractivity contribution < 1.29 is 76.3 Å². The molecule has 0 aliphatic rings. The van der Waals surface area contributed by atoms with E-state index in [0.717, 1.165) is 0 Å². The van der Waals surface area contributed by atoms with Gasteiger partial charge in [-0.3, -0.25) is 38.4 Å². The Balaban J connectivity index is 5.62. The lowest BCUT2D eigenvalue weighted by molar-refractivity contribution is -0.153. The van der Waals surface area contributed by atoms with E-state index in [2.05, 4.69) is 61.4 Å². The SMILES string of the molecule is [N-]=[N+]=NCCCNC(=O)CCC(=O)OCCOCC(COCCOC(=O)CCC(=O)NCCCN=[N+]=[N-])(COCCOC(=O)CCC(=O)NCCCN=[N+]=[N-])COCCOC(=O)CCC(=O)NCCCN=[N+]=[N-]. The average molecular weight is 1040 g/mol. The molecule has 32 heteroatoms. The molecule has 0 bridgehead atoms. The maximum atomic E-state index is 12.3. The van der Waals surface area contributed by atoms with Gasteiger partial charge in [0.15, 0.2) is 0 Å². The van der Waals surface area contributed by atoms with Gasteiger partial charge in [-0.05, 0) is 47.8 Å². The number of nitrogens with one attached hydrogen (secondary N) is 4. The Kier molecular flexibility index (Phi) is 42.6. The van der Waals surface area contributed by atoms with E-state index < -0.39 is 52.9 Å². The van der Waals surface area contributed by atoms with E-state index in [4.69, 9.17) is 60.0 Å². The molecule has 408 valence electrons. The van der Waals surface area contributed by atoms with Gasteiger partial charge >= 0.3 is 23.9 Å². The molecule has 4 N–H and O–H groups in total. The Hall–Kier alpha value is -7.16. The number of hydrogen-bond acceptors (Lipinski definition) is 20. The van der Waals surface area contributed by atoms with Gasteiger partial charge in [-0.25, -0.2) is 0 Å². The molecule has 0 unspecified atom stereocenters. The standard InChI is InChI=1S/C41H68N16O16/c42-54-50-17-1-13-46-33(58)5-9-37(62)70-25-21-66-29-41(30-67-22-26-71-38(63)10-6-34(59)47-14-2-18-51-55-43,31-68-23-27-72-39(64)11-7-35(60)48-15-3-19-52-56-44)32-69-24-28-73-40(65)12-8-36(61)49-16-4-20-53-57-45/h1-32H2,(H,46,58)(H,47,59)(H,48,60)(H,49,61). The first kappa shape index (κ1) is 65.8. The Labute approximate surface area is 420 Å². The van der Waals surface area contributed by atoms with Gasteiger partial charge in [-0.1, -0.05) is 20.5 Å². The minimum absolute atomic E-state index is 0.129. The molecule has 0 fully saturated rings. The van der Waals surface area contributed by atoms with Gasteiger partial charge in [0.05, 0.1) is 84.0 Å². The van der Waals surface area contributed by atoms with Crippen LogP contribution in [-0.2, 0) is 76.3 Å². The second kappa shape index (κ2) is 47.2. The quantitative estimate of drug-likeness (QED) is 0.0170. The molecular formula is C41H68N16O16. The lowest BCUT2D eigenvalue weighted by Gasteiger charge is -2.33. The minimum atomic E-state index is -1.16. The summed E-state index contributed by atoms with van der Waals surface area (Å²) in [5, 5.41) is 23.9. The zero-order chi connectivity index (χ0) is 53.9. The summed E-state index contributed by atoms with van der Waals surface area (Å²) in [6.45, 7) is -0.0833. The van der Waals surface area contributed by atoms with Gasteiger partial charge in [0.2, 0.25) is 23.6 Å². The lowest BCUT2D eigenvalue weighted by Crippen LogP contribution is -2.43. The number of carbonyl (C=O) groups is 8. The van der Waals surface area contributed by atoms with Crippen LogP contribution in [-0.4, -0.2) is 179 Å². The van der Waals surface area contributed by atoms with Crippen LogP contribution >= 0.6 is 0 Å². The van der Waals surface area contributed by atoms with Crippen LogP contribution in [0.5, 0.6) is 0 Å². The molecule has 0 saturated carbocycles. The van der Waals surface area contributed by atoms with Crippen LogP contribution in [0.4, 0.5) is 0 Å². The first-order chi connectivity index (χ1) is 35.4. The number of hydrogen-bond donors (Lipinski definition) is 4. The minimum Gasteiger partial charge on any atom is -0.463 e. The van der Waals surface area contributed by atoms with Crippen LogP contribution in [0.3, 0.4) is 0 Å². The third-order valence-electron chi connectivity index (χ3n) is 9.10. The molecule has 0 aromatic rings. The first-order valence-electron chi connectivity index (χ1n) is 23.4. The number of ether oxygens (including phenoxy) is 8. The second-order valence-corrected chi connectivity index (χ2v) is 15.2. The number of nitrogens with zero attached hydrogens (tertiary/aromatic N) is 12. The Morgan fingerprint density at radius 1 is 0.342 bits per heavy atom. The summed E-state index contributed by atoms with van der Waals surface area (Å²) >= 11 is 0. The van der Waals surface area contributed by atoms with Crippen molar-refractivity contribution in [3.63, 3.8) is 0 Å². The normalized spacial score (nSPS) is 11.1. The fourth-order valence-corrected chi connectivity index (χ4v) is 5.46. The highest BCUT2D eigenvalue weighted by Crippen LogP contribution is 2.21. The van der Waals surface area contributed by atoms with Crippen molar-refractivity contribution in [2.75, 3.05) is 132 Å². The van der Waals surface area contributed by atoms with Crippen LogP contribution in [0, 0.1) is 5.41 Å². The molecule has 0 aromatic heterocycles. The van der Waals surface area contributed by atoms with Crippen molar-refractivity contribution in [1.82, 2.24) is 21.3 Å². The van der Waals surface area contributed by atoms with Crippen molar-refractivity contribution >= 4 is 47.5 Å². The molecule has 0 radical (unpaired) electrons. The molecular weight excluding hydrogens is 973 g/mol. The van der Waals surface area contributed by atoms with Gasteiger partial charge in [0, 0.05) is 97.7 Å². The summed E-state index contributed by atoms with van der Waals surface area (Å²) in [6, 6.07) is 0. The van der Waals surface area contributed by atoms with Crippen LogP contribution in [0.1, 0.15) is 77.0 Å². The number of azide groups is 4. The summed E-state index contributed by atoms with van der Waals surface area (Å²) in [7, 11) is 0. The van der Waals surface area contributed by atoms with Crippen LogP contribution in [0.2, 0.25) is 0 Å². The highest BCUT2D eigenvalue weighted by atomic mass is 16.6. The molecule has 0 aromatic carbocycles. The topological polar surface area (TPSA) is 454 Å². The number of esters is 4. The molecule has 0 atom stereocenters. The summed E-state index contributed by atoms with van der Waals surface area (Å²) in [4.78, 5) is 108. The summed E-state index contributed by atoms with van der Waals surface area (Å²) in [6.07, 6.45) is 0.308. The predicted molar refractivity (Wildman–Crippen MR) is 253 cm³/mol. The summed E-state index contributed by atoms with van der Waals surface area (Å²) in [5.74, 6) is -4.23. The molecule has 32 nitrogen and oxygen atoms in total. The molecule has 0 spiro atoms. The van der Waals surface area contributed by atoms with Gasteiger partial charge < -0.3 is 59.2 Å². The Bertz CT molecular complexity index is 1590. The van der Waals surface area contributed by atoms with E-state index in [1.165, 1.54) is 0 Å². The number of rotatable bonds is 48. The predicted octanol–water partition coefficient (Wildman–Crippen LogP) is 2.60. The van der Waals surface area contributed by atoms with Gasteiger partial charge in [0.25, 0.3) is 0 Å². The van der Waals surface area contributed by atoms with E-state index in [-0.39, 0.29) is 183 Å². The van der Waals surface area contributed by atoms with Crippen LogP contribution in [0.25, 0.3) is 41.8 Å². The maximum absolute atomic E-state index is 12.3. The second-order valence-electron chi connectivity index (χ2n) is 15.2. The lowest BCUT2D eigenvalue weighted by atomic mass is 9.92. The maximum Gasteiger partial charge on any atom is 0.306 e. The molecule has 4 amide bonds. The Morgan fingerprint density at radius 2 is 0.562 bits per heavy atom. The summed E-state index contributed by atoms with van der Waals surface area (Å²) in [5.41, 5.74) is 32.2. The largest absolute Gasteiger partial charge is 0.463 e. The number of amides is 4. The monoisotopic (exact) mass is 1040 g/mol. The molecule has 0 saturated heterocycles. The first-order valence-corrected chi connectivity index (χ1v) is 23.4. The van der Waals surface area contributed by atoms with Crippen LogP contribution < -0.4 is 21.3 Å². The molecule has 0 aliphatic heterocycles. The highest BCUT2D eigenvalue weighted by Gasteiger charge is 2.33. The van der Waals surface area contributed by atoms with Crippen molar-refractivity contribution in [3.8, 4) is 0 Å². The van der Waals surface area contributed by atoms with E-state index in [0.29, 0.717) is 25.7 Å². The highest BCUT2D eigenvalue weighted by molar-refractivity contribution is 5.83. The fraction of sp³-hybridized carbons (Fsp3) is 0.805. The number of carbonyl (C=O) groups excluding carboxylic acids is 8. The Morgan fingerprint density at radius 3 is 0.767 bits per heavy atom. The third-order valence-corrected chi connectivity index (χ3v) is 9.10. The fourth-order valence-electron chi connectivity index (χ4n) is 5.46. The smallest absolute Gasteiger partial charge is 0.306 e. The van der Waals surface area contributed by atoms with Crippen molar-refractivity contribution in [1.29, 1.82) is 0 Å². The van der Waals surface area contributed by atoms with E-state index in [1.54, 1.807) is 0 Å². The zero-order valence-corrected chi connectivity index (χ0v) is 41.0. The third kappa shape index (κ3) is 43.4. The van der Waals surface area contributed by atoms with Crippen molar-refractivity contribution in [2.24, 2.45) is 25.9 Å². The van der Waals surface area contributed by atoms with Crippen molar-refractivity contribution in [2.45, 2.75) is 77.0 Å². The van der Waals surface area contributed by atoms with Crippen molar-refractivity contribution in [3.05, 3.63) is 41.8 Å². The molecule has 0 heterocycles.